The van der Waals surface area contributed by atoms with Crippen LogP contribution in [0.1, 0.15) is 0 Å². The molecule has 0 aliphatic rings. The van der Waals surface area contributed by atoms with Crippen molar-refractivity contribution in [2.45, 2.75) is 0 Å². The van der Waals surface area contributed by atoms with Crippen molar-refractivity contribution in [3.63, 3.8) is 0 Å². The van der Waals surface area contributed by atoms with Gasteiger partial charge in [-0.25, -0.2) is 9.97 Å². The molecule has 7 heteroatoms. The molecule has 2 heterocycles. The normalized spacial score (nSPS) is 10.5. The van der Waals surface area contributed by atoms with Crippen LogP contribution in [0.25, 0.3) is 22.3 Å². The molecule has 0 unspecified atom stereocenters. The van der Waals surface area contributed by atoms with Gasteiger partial charge in [-0.2, -0.15) is 5.10 Å². The Bertz CT molecular complexity index is 1110. The Hall–Kier alpha value is -4.00. The minimum absolute atomic E-state index is 0.275. The van der Waals surface area contributed by atoms with Crippen LogP contribution < -0.4 is 10.6 Å². The number of carbonyl (C=O) groups excluding carboxylic acids is 1. The Morgan fingerprint density at radius 3 is 2.67 bits per heavy atom. The van der Waals surface area contributed by atoms with Gasteiger partial charge in [0, 0.05) is 22.7 Å². The lowest BCUT2D eigenvalue weighted by Crippen LogP contribution is -2.07. The SMILES string of the molecule is C=CC(=O)Nc1ccc2c(Nc3ccn[nH]3)nc(-c3ccccc3)nc2c1. The molecular formula is C20H16N6O. The van der Waals surface area contributed by atoms with Gasteiger partial charge in [0.15, 0.2) is 5.82 Å². The second-order valence-electron chi connectivity index (χ2n) is 5.78. The second-order valence-corrected chi connectivity index (χ2v) is 5.78. The van der Waals surface area contributed by atoms with Gasteiger partial charge < -0.3 is 10.6 Å². The highest BCUT2D eigenvalue weighted by Gasteiger charge is 2.11. The lowest BCUT2D eigenvalue weighted by Gasteiger charge is -2.11. The summed E-state index contributed by atoms with van der Waals surface area (Å²) >= 11 is 0. The molecule has 4 aromatic rings. The fourth-order valence-corrected chi connectivity index (χ4v) is 2.67. The maximum atomic E-state index is 11.6. The number of hydrogen-bond acceptors (Lipinski definition) is 5. The first-order valence-corrected chi connectivity index (χ1v) is 8.30. The van der Waals surface area contributed by atoms with Crippen molar-refractivity contribution in [2.24, 2.45) is 0 Å². The summed E-state index contributed by atoms with van der Waals surface area (Å²) < 4.78 is 0. The zero-order valence-electron chi connectivity index (χ0n) is 14.3. The smallest absolute Gasteiger partial charge is 0.247 e. The molecular weight excluding hydrogens is 340 g/mol. The van der Waals surface area contributed by atoms with E-state index in [1.54, 1.807) is 12.3 Å². The number of aromatic nitrogens is 4. The summed E-state index contributed by atoms with van der Waals surface area (Å²) in [4.78, 5) is 21.0. The van der Waals surface area contributed by atoms with E-state index in [1.807, 2.05) is 48.5 Å². The van der Waals surface area contributed by atoms with Gasteiger partial charge in [-0.3, -0.25) is 9.89 Å². The van der Waals surface area contributed by atoms with Gasteiger partial charge in [0.1, 0.15) is 11.6 Å². The summed E-state index contributed by atoms with van der Waals surface area (Å²) in [7, 11) is 0. The minimum atomic E-state index is -0.275. The number of carbonyl (C=O) groups is 1. The van der Waals surface area contributed by atoms with Crippen molar-refractivity contribution in [1.82, 2.24) is 20.2 Å². The highest BCUT2D eigenvalue weighted by Crippen LogP contribution is 2.28. The predicted molar refractivity (Wildman–Crippen MR) is 106 cm³/mol. The van der Waals surface area contributed by atoms with Crippen LogP contribution in [0.3, 0.4) is 0 Å². The van der Waals surface area contributed by atoms with Gasteiger partial charge in [0.25, 0.3) is 0 Å². The Balaban J connectivity index is 1.85. The number of hydrogen-bond donors (Lipinski definition) is 3. The van der Waals surface area contributed by atoms with E-state index in [9.17, 15) is 4.79 Å². The highest BCUT2D eigenvalue weighted by atomic mass is 16.1. The molecule has 2 aromatic heterocycles. The van der Waals surface area contributed by atoms with E-state index < -0.39 is 0 Å². The van der Waals surface area contributed by atoms with Crippen molar-refractivity contribution in [3.05, 3.63) is 73.4 Å². The van der Waals surface area contributed by atoms with Gasteiger partial charge in [0.2, 0.25) is 5.91 Å². The Kier molecular flexibility index (Phi) is 4.32. The number of benzene rings is 2. The quantitative estimate of drug-likeness (QED) is 0.472. The molecule has 7 nitrogen and oxygen atoms in total. The van der Waals surface area contributed by atoms with Gasteiger partial charge in [-0.05, 0) is 24.3 Å². The lowest BCUT2D eigenvalue weighted by atomic mass is 10.1. The number of aromatic amines is 1. The summed E-state index contributed by atoms with van der Waals surface area (Å²) in [6.07, 6.45) is 2.89. The van der Waals surface area contributed by atoms with Crippen LogP contribution in [0.15, 0.2) is 73.4 Å². The van der Waals surface area contributed by atoms with E-state index in [1.165, 1.54) is 6.08 Å². The Morgan fingerprint density at radius 2 is 1.93 bits per heavy atom. The first kappa shape index (κ1) is 16.5. The molecule has 0 saturated heterocycles. The third-order valence-corrected chi connectivity index (χ3v) is 3.94. The molecule has 2 aromatic carbocycles. The first-order valence-electron chi connectivity index (χ1n) is 8.30. The van der Waals surface area contributed by atoms with E-state index in [4.69, 9.17) is 0 Å². The Morgan fingerprint density at radius 1 is 1.07 bits per heavy atom. The molecule has 132 valence electrons. The van der Waals surface area contributed by atoms with E-state index in [0.717, 1.165) is 16.8 Å². The van der Waals surface area contributed by atoms with Gasteiger partial charge in [-0.15, -0.1) is 0 Å². The summed E-state index contributed by atoms with van der Waals surface area (Å²) in [5.74, 6) is 1.67. The van der Waals surface area contributed by atoms with Gasteiger partial charge in [-0.1, -0.05) is 36.9 Å². The van der Waals surface area contributed by atoms with Crippen LogP contribution in [0.4, 0.5) is 17.3 Å². The predicted octanol–water partition coefficient (Wildman–Crippen LogP) is 3.89. The molecule has 0 atom stereocenters. The number of nitrogens with zero attached hydrogens (tertiary/aromatic N) is 3. The van der Waals surface area contributed by atoms with E-state index in [2.05, 4.69) is 37.4 Å². The summed E-state index contributed by atoms with van der Waals surface area (Å²) in [5, 5.41) is 13.6. The largest absolute Gasteiger partial charge is 0.325 e. The third-order valence-electron chi connectivity index (χ3n) is 3.94. The van der Waals surface area contributed by atoms with E-state index in [0.29, 0.717) is 22.8 Å². The molecule has 0 bridgehead atoms. The fourth-order valence-electron chi connectivity index (χ4n) is 2.67. The number of rotatable bonds is 5. The van der Waals surface area contributed by atoms with Gasteiger partial charge >= 0.3 is 0 Å². The number of amides is 1. The molecule has 27 heavy (non-hydrogen) atoms. The maximum absolute atomic E-state index is 11.6. The topological polar surface area (TPSA) is 95.6 Å². The van der Waals surface area contributed by atoms with Gasteiger partial charge in [0.05, 0.1) is 11.7 Å². The van der Waals surface area contributed by atoms with Crippen LogP contribution in [-0.4, -0.2) is 26.1 Å². The summed E-state index contributed by atoms with van der Waals surface area (Å²) in [6, 6.07) is 17.0. The molecule has 4 rings (SSSR count). The lowest BCUT2D eigenvalue weighted by molar-refractivity contribution is -0.111. The van der Waals surface area contributed by atoms with Crippen molar-refractivity contribution < 1.29 is 4.79 Å². The minimum Gasteiger partial charge on any atom is -0.325 e. The average molecular weight is 356 g/mol. The molecule has 0 aliphatic carbocycles. The third kappa shape index (κ3) is 3.52. The monoisotopic (exact) mass is 356 g/mol. The van der Waals surface area contributed by atoms with Crippen LogP contribution in [-0.2, 0) is 4.79 Å². The van der Waals surface area contributed by atoms with Crippen LogP contribution in [0, 0.1) is 0 Å². The molecule has 0 saturated carbocycles. The van der Waals surface area contributed by atoms with Crippen molar-refractivity contribution in [2.75, 3.05) is 10.6 Å². The maximum Gasteiger partial charge on any atom is 0.247 e. The van der Waals surface area contributed by atoms with Crippen LogP contribution >= 0.6 is 0 Å². The molecule has 0 spiro atoms. The number of nitrogens with one attached hydrogen (secondary N) is 3. The molecule has 1 amide bonds. The van der Waals surface area contributed by atoms with Crippen LogP contribution in [0.2, 0.25) is 0 Å². The Labute approximate surface area is 155 Å². The zero-order valence-corrected chi connectivity index (χ0v) is 14.3. The highest BCUT2D eigenvalue weighted by molar-refractivity contribution is 6.01. The second kappa shape index (κ2) is 7.09. The molecule has 0 aliphatic heterocycles. The van der Waals surface area contributed by atoms with E-state index in [-0.39, 0.29) is 5.91 Å². The van der Waals surface area contributed by atoms with Crippen molar-refractivity contribution >= 4 is 34.1 Å². The molecule has 0 fully saturated rings. The number of H-pyrrole nitrogens is 1. The number of fused-ring (bicyclic) bond motifs is 1. The first-order chi connectivity index (χ1) is 13.2. The fraction of sp³-hybridized carbons (Fsp3) is 0. The van der Waals surface area contributed by atoms with Crippen LogP contribution in [0.5, 0.6) is 0 Å². The molecule has 3 N–H and O–H groups in total. The number of anilines is 3. The summed E-state index contributed by atoms with van der Waals surface area (Å²) in [6.45, 7) is 3.47. The summed E-state index contributed by atoms with van der Waals surface area (Å²) in [5.41, 5.74) is 2.23. The standard InChI is InChI=1S/C20H16N6O/c1-2-18(27)22-14-8-9-15-16(12-14)23-19(13-6-4-3-5-7-13)25-20(15)24-17-10-11-21-26-17/h2-12H,1H2,(H,22,27)(H2,21,23,24,25,26). The molecule has 0 radical (unpaired) electrons. The van der Waals surface area contributed by atoms with Crippen molar-refractivity contribution in [1.29, 1.82) is 0 Å². The van der Waals surface area contributed by atoms with Crippen molar-refractivity contribution in [3.8, 4) is 11.4 Å². The zero-order chi connectivity index (χ0) is 18.6. The van der Waals surface area contributed by atoms with E-state index >= 15 is 0 Å². The average Bonchev–Trinajstić information content (AvgIpc) is 3.21.